The Morgan fingerprint density at radius 2 is 1.60 bits per heavy atom. The van der Waals surface area contributed by atoms with Crippen molar-refractivity contribution in [2.24, 2.45) is 5.92 Å². The van der Waals surface area contributed by atoms with Crippen molar-refractivity contribution in [3.05, 3.63) is 0 Å². The van der Waals surface area contributed by atoms with Crippen molar-refractivity contribution in [2.45, 2.75) is 46.6 Å². The van der Waals surface area contributed by atoms with Crippen LogP contribution in [0.15, 0.2) is 0 Å². The Morgan fingerprint density at radius 3 is 2.00 bits per heavy atom. The molecule has 0 spiro atoms. The molecule has 1 amide bonds. The van der Waals surface area contributed by atoms with Gasteiger partial charge in [-0.3, -0.25) is 4.79 Å². The van der Waals surface area contributed by atoms with Crippen molar-refractivity contribution >= 4 is 17.8 Å². The van der Waals surface area contributed by atoms with Crippen LogP contribution in [-0.4, -0.2) is 83.2 Å². The third-order valence-electron chi connectivity index (χ3n) is 4.42. The highest BCUT2D eigenvalue weighted by Gasteiger charge is 2.23. The number of piperidine rings is 1. The summed E-state index contributed by atoms with van der Waals surface area (Å²) < 4.78 is 0. The number of nitrogens with one attached hydrogen (secondary N) is 1. The van der Waals surface area contributed by atoms with E-state index in [1.165, 1.54) is 0 Å². The van der Waals surface area contributed by atoms with E-state index in [4.69, 9.17) is 19.8 Å². The Morgan fingerprint density at radius 1 is 1.12 bits per heavy atom. The quantitative estimate of drug-likeness (QED) is 0.575. The van der Waals surface area contributed by atoms with Gasteiger partial charge in [0.05, 0.1) is 6.04 Å². The molecule has 25 heavy (non-hydrogen) atoms. The highest BCUT2D eigenvalue weighted by Crippen LogP contribution is 2.16. The molecular formula is C17H33N3O5. The molecule has 1 heterocycles. The summed E-state index contributed by atoms with van der Waals surface area (Å²) in [7, 11) is 0. The lowest BCUT2D eigenvalue weighted by Crippen LogP contribution is -2.49. The van der Waals surface area contributed by atoms with Gasteiger partial charge in [0, 0.05) is 26.2 Å². The molecule has 0 radical (unpaired) electrons. The molecule has 1 atom stereocenters. The molecule has 1 saturated heterocycles. The second kappa shape index (κ2) is 12.7. The summed E-state index contributed by atoms with van der Waals surface area (Å²) in [5.41, 5.74) is 0. The topological polar surface area (TPSA) is 110 Å². The molecule has 1 aliphatic heterocycles. The number of rotatable bonds is 7. The van der Waals surface area contributed by atoms with Crippen LogP contribution in [0.3, 0.4) is 0 Å². The fourth-order valence-electron chi connectivity index (χ4n) is 2.57. The molecule has 8 heteroatoms. The molecule has 0 aromatic carbocycles. The maximum Gasteiger partial charge on any atom is 0.414 e. The van der Waals surface area contributed by atoms with E-state index in [2.05, 4.69) is 31.0 Å². The van der Waals surface area contributed by atoms with E-state index in [0.717, 1.165) is 58.0 Å². The third-order valence-corrected chi connectivity index (χ3v) is 4.42. The van der Waals surface area contributed by atoms with Crippen LogP contribution in [0, 0.1) is 5.92 Å². The van der Waals surface area contributed by atoms with Gasteiger partial charge in [-0.2, -0.15) is 0 Å². The number of hydrogen-bond donors (Lipinski definition) is 3. The van der Waals surface area contributed by atoms with Crippen LogP contribution in [-0.2, 0) is 14.4 Å². The molecule has 146 valence electrons. The molecule has 0 aromatic rings. The molecular weight excluding hydrogens is 326 g/mol. The smallest absolute Gasteiger partial charge is 0.414 e. The fourth-order valence-corrected chi connectivity index (χ4v) is 2.57. The first-order valence-corrected chi connectivity index (χ1v) is 8.93. The van der Waals surface area contributed by atoms with Crippen LogP contribution in [0.5, 0.6) is 0 Å². The molecule has 0 bridgehead atoms. The molecule has 0 saturated carbocycles. The lowest BCUT2D eigenvalue weighted by Gasteiger charge is -2.32. The first-order valence-electron chi connectivity index (χ1n) is 8.93. The average molecular weight is 359 g/mol. The van der Waals surface area contributed by atoms with Crippen LogP contribution in [0.4, 0.5) is 0 Å². The van der Waals surface area contributed by atoms with Gasteiger partial charge in [0.2, 0.25) is 5.91 Å². The molecule has 1 aliphatic rings. The van der Waals surface area contributed by atoms with Crippen molar-refractivity contribution in [1.29, 1.82) is 0 Å². The summed E-state index contributed by atoms with van der Waals surface area (Å²) in [6, 6.07) is -0.0519. The predicted molar refractivity (Wildman–Crippen MR) is 95.5 cm³/mol. The highest BCUT2D eigenvalue weighted by atomic mass is 16.4. The minimum atomic E-state index is -1.82. The number of carbonyl (C=O) groups is 3. The van der Waals surface area contributed by atoms with Crippen molar-refractivity contribution in [1.82, 2.24) is 15.1 Å². The fraction of sp³-hybridized carbons (Fsp3) is 0.824. The number of carboxylic acids is 2. The maximum atomic E-state index is 12.3. The van der Waals surface area contributed by atoms with Gasteiger partial charge < -0.3 is 25.3 Å². The Labute approximate surface area is 150 Å². The normalized spacial score (nSPS) is 16.1. The van der Waals surface area contributed by atoms with E-state index in [-0.39, 0.29) is 11.9 Å². The van der Waals surface area contributed by atoms with Gasteiger partial charge >= 0.3 is 11.9 Å². The molecule has 8 nitrogen and oxygen atoms in total. The van der Waals surface area contributed by atoms with E-state index >= 15 is 0 Å². The third kappa shape index (κ3) is 10.0. The predicted octanol–water partition coefficient (Wildman–Crippen LogP) is 0.720. The average Bonchev–Trinajstić information content (AvgIpc) is 2.59. The molecule has 3 N–H and O–H groups in total. The van der Waals surface area contributed by atoms with E-state index in [0.29, 0.717) is 0 Å². The number of hydrogen-bond acceptors (Lipinski definition) is 5. The summed E-state index contributed by atoms with van der Waals surface area (Å²) in [5, 5.41) is 18.1. The van der Waals surface area contributed by atoms with E-state index in [1.54, 1.807) is 0 Å². The number of likely N-dealkylation sites (tertiary alicyclic amines) is 1. The first-order chi connectivity index (χ1) is 11.7. The SMILES string of the molecule is CCN(CC)CCNC(C)C(=O)N1CCC(C)CC1.O=C(O)C(=O)O. The van der Waals surface area contributed by atoms with Gasteiger partial charge in [-0.05, 0) is 38.8 Å². The minimum absolute atomic E-state index is 0.0519. The van der Waals surface area contributed by atoms with Crippen LogP contribution in [0.25, 0.3) is 0 Å². The van der Waals surface area contributed by atoms with Crippen LogP contribution in [0.1, 0.15) is 40.5 Å². The van der Waals surface area contributed by atoms with Gasteiger partial charge in [-0.1, -0.05) is 20.8 Å². The lowest BCUT2D eigenvalue weighted by atomic mass is 9.99. The zero-order valence-electron chi connectivity index (χ0n) is 15.8. The monoisotopic (exact) mass is 359 g/mol. The Bertz CT molecular complexity index is 407. The number of carbonyl (C=O) groups excluding carboxylic acids is 1. The van der Waals surface area contributed by atoms with Gasteiger partial charge in [0.25, 0.3) is 0 Å². The second-order valence-electron chi connectivity index (χ2n) is 6.32. The zero-order chi connectivity index (χ0) is 19.4. The Balaban J connectivity index is 0.000000823. The second-order valence-corrected chi connectivity index (χ2v) is 6.32. The van der Waals surface area contributed by atoms with Crippen LogP contribution < -0.4 is 5.32 Å². The summed E-state index contributed by atoms with van der Waals surface area (Å²) in [5.74, 6) is -2.61. The van der Waals surface area contributed by atoms with Crippen molar-refractivity contribution < 1.29 is 24.6 Å². The van der Waals surface area contributed by atoms with Crippen LogP contribution >= 0.6 is 0 Å². The summed E-state index contributed by atoms with van der Waals surface area (Å²) in [4.78, 5) is 34.9. The zero-order valence-corrected chi connectivity index (χ0v) is 15.8. The number of carboxylic acid groups (broad SMARTS) is 2. The van der Waals surface area contributed by atoms with Crippen molar-refractivity contribution in [3.63, 3.8) is 0 Å². The molecule has 0 aliphatic carbocycles. The van der Waals surface area contributed by atoms with Crippen molar-refractivity contribution in [2.75, 3.05) is 39.3 Å². The van der Waals surface area contributed by atoms with Crippen LogP contribution in [0.2, 0.25) is 0 Å². The molecule has 1 unspecified atom stereocenters. The first kappa shape index (κ1) is 23.3. The number of nitrogens with zero attached hydrogens (tertiary/aromatic N) is 2. The number of amides is 1. The molecule has 1 fully saturated rings. The largest absolute Gasteiger partial charge is 0.473 e. The van der Waals surface area contributed by atoms with Gasteiger partial charge in [-0.15, -0.1) is 0 Å². The maximum absolute atomic E-state index is 12.3. The summed E-state index contributed by atoms with van der Waals surface area (Å²) >= 11 is 0. The minimum Gasteiger partial charge on any atom is -0.473 e. The van der Waals surface area contributed by atoms with E-state index in [9.17, 15) is 4.79 Å². The summed E-state index contributed by atoms with van der Waals surface area (Å²) in [6.45, 7) is 14.5. The lowest BCUT2D eigenvalue weighted by molar-refractivity contribution is -0.159. The van der Waals surface area contributed by atoms with Crippen molar-refractivity contribution in [3.8, 4) is 0 Å². The van der Waals surface area contributed by atoms with Gasteiger partial charge in [-0.25, -0.2) is 9.59 Å². The molecule has 1 rings (SSSR count). The van der Waals surface area contributed by atoms with E-state index < -0.39 is 11.9 Å². The Kier molecular flexibility index (Phi) is 11.8. The molecule has 0 aromatic heterocycles. The standard InChI is InChI=1S/C15H31N3O.C2H2O4/c1-5-17(6-2)12-9-16-14(4)15(19)18-10-7-13(3)8-11-18;3-1(4)2(5)6/h13-14,16H,5-12H2,1-4H3;(H,3,4)(H,5,6). The Hall–Kier alpha value is -1.67. The highest BCUT2D eigenvalue weighted by molar-refractivity contribution is 6.27. The van der Waals surface area contributed by atoms with Gasteiger partial charge in [0.1, 0.15) is 0 Å². The number of aliphatic carboxylic acids is 2. The van der Waals surface area contributed by atoms with E-state index in [1.807, 2.05) is 11.8 Å². The summed E-state index contributed by atoms with van der Waals surface area (Å²) in [6.07, 6.45) is 2.30. The number of likely N-dealkylation sites (N-methyl/N-ethyl adjacent to an activating group) is 1. The van der Waals surface area contributed by atoms with Gasteiger partial charge in [0.15, 0.2) is 0 Å².